The van der Waals surface area contributed by atoms with E-state index >= 15 is 0 Å². The first-order chi connectivity index (χ1) is 11.7. The topological polar surface area (TPSA) is 71.2 Å². The van der Waals surface area contributed by atoms with E-state index in [4.69, 9.17) is 4.74 Å². The first-order valence-electron chi connectivity index (χ1n) is 7.83. The van der Waals surface area contributed by atoms with Gasteiger partial charge in [0.25, 0.3) is 5.91 Å². The maximum Gasteiger partial charge on any atom is 0.330 e. The molecule has 1 fully saturated rings. The molecule has 1 aromatic heterocycles. The minimum Gasteiger partial charge on any atom is -0.446 e. The molecule has 0 aliphatic carbocycles. The van der Waals surface area contributed by atoms with Crippen molar-refractivity contribution in [3.8, 4) is 0 Å². The Balaban J connectivity index is 1.54. The van der Waals surface area contributed by atoms with E-state index in [1.54, 1.807) is 12.1 Å². The van der Waals surface area contributed by atoms with Crippen molar-refractivity contribution in [2.75, 3.05) is 0 Å². The molecule has 3 aromatic rings. The third kappa shape index (κ3) is 2.54. The van der Waals surface area contributed by atoms with Gasteiger partial charge in [-0.15, -0.1) is 0 Å². The fourth-order valence-corrected chi connectivity index (χ4v) is 3.06. The van der Waals surface area contributed by atoms with Crippen LogP contribution in [0.5, 0.6) is 0 Å². The molecule has 0 saturated carbocycles. The lowest BCUT2D eigenvalue weighted by Gasteiger charge is -2.28. The Morgan fingerprint density at radius 3 is 2.54 bits per heavy atom. The van der Waals surface area contributed by atoms with Crippen LogP contribution in [0.3, 0.4) is 0 Å². The van der Waals surface area contributed by atoms with E-state index in [0.29, 0.717) is 12.0 Å². The maximum atomic E-state index is 12.3. The van der Waals surface area contributed by atoms with Crippen LogP contribution in [0.1, 0.15) is 17.2 Å². The molecule has 24 heavy (non-hydrogen) atoms. The normalized spacial score (nSPS) is 20.7. The Bertz CT molecular complexity index is 901. The predicted molar refractivity (Wildman–Crippen MR) is 89.2 cm³/mol. The minimum atomic E-state index is -0.877. The van der Waals surface area contributed by atoms with Gasteiger partial charge in [-0.25, -0.2) is 4.79 Å². The van der Waals surface area contributed by atoms with Crippen LogP contribution in [-0.4, -0.2) is 22.9 Å². The number of para-hydroxylation sites is 1. The highest BCUT2D eigenvalue weighted by atomic mass is 16.6. The maximum absolute atomic E-state index is 12.3. The summed E-state index contributed by atoms with van der Waals surface area (Å²) >= 11 is 0. The molecule has 1 amide bonds. The Labute approximate surface area is 138 Å². The largest absolute Gasteiger partial charge is 0.446 e. The van der Waals surface area contributed by atoms with Gasteiger partial charge in [-0.05, 0) is 11.6 Å². The Morgan fingerprint density at radius 1 is 0.958 bits per heavy atom. The molecule has 0 spiro atoms. The number of carbonyl (C=O) groups is 2. The molecule has 120 valence electrons. The zero-order chi connectivity index (χ0) is 16.5. The highest BCUT2D eigenvalue weighted by Gasteiger charge is 2.37. The van der Waals surface area contributed by atoms with Gasteiger partial charge < -0.3 is 15.0 Å². The van der Waals surface area contributed by atoms with Crippen molar-refractivity contribution >= 4 is 22.8 Å². The van der Waals surface area contributed by atoms with Gasteiger partial charge in [0.2, 0.25) is 6.10 Å². The van der Waals surface area contributed by atoms with E-state index in [1.807, 2.05) is 48.7 Å². The van der Waals surface area contributed by atoms with Crippen molar-refractivity contribution in [2.45, 2.75) is 18.6 Å². The van der Waals surface area contributed by atoms with Crippen LogP contribution in [0.15, 0.2) is 60.8 Å². The molecular formula is C19H16N2O3. The minimum absolute atomic E-state index is 0.286. The molecule has 2 N–H and O–H groups in total. The predicted octanol–water partition coefficient (Wildman–Crippen LogP) is 2.49. The third-order valence-corrected chi connectivity index (χ3v) is 4.27. The summed E-state index contributed by atoms with van der Waals surface area (Å²) in [6.07, 6.45) is 1.39. The quantitative estimate of drug-likeness (QED) is 0.728. The zero-order valence-electron chi connectivity index (χ0n) is 12.9. The SMILES string of the molecule is O=C1O[C@@H](c2ccccc2)C(=O)N[C@H]1Cc1c[nH]c2ccccc12. The summed E-state index contributed by atoms with van der Waals surface area (Å²) in [7, 11) is 0. The number of morpholine rings is 1. The Kier molecular flexibility index (Phi) is 3.54. The molecule has 2 atom stereocenters. The summed E-state index contributed by atoms with van der Waals surface area (Å²) in [5.41, 5.74) is 2.66. The Morgan fingerprint density at radius 2 is 1.71 bits per heavy atom. The number of hydrogen-bond acceptors (Lipinski definition) is 3. The molecule has 5 nitrogen and oxygen atoms in total. The van der Waals surface area contributed by atoms with Crippen LogP contribution in [0, 0.1) is 0 Å². The molecule has 1 aliphatic rings. The number of aromatic amines is 1. The number of esters is 1. The van der Waals surface area contributed by atoms with Gasteiger partial charge in [0.05, 0.1) is 0 Å². The van der Waals surface area contributed by atoms with Gasteiger partial charge >= 0.3 is 5.97 Å². The van der Waals surface area contributed by atoms with E-state index in [-0.39, 0.29) is 5.91 Å². The van der Waals surface area contributed by atoms with E-state index in [2.05, 4.69) is 10.3 Å². The smallest absolute Gasteiger partial charge is 0.330 e. The summed E-state index contributed by atoms with van der Waals surface area (Å²) < 4.78 is 5.40. The summed E-state index contributed by atoms with van der Waals surface area (Å²) in [5.74, 6) is -0.695. The lowest BCUT2D eigenvalue weighted by molar-refractivity contribution is -0.166. The molecule has 4 rings (SSSR count). The molecule has 1 saturated heterocycles. The second kappa shape index (κ2) is 5.85. The molecule has 0 bridgehead atoms. The van der Waals surface area contributed by atoms with Crippen molar-refractivity contribution in [3.63, 3.8) is 0 Å². The molecule has 1 aliphatic heterocycles. The van der Waals surface area contributed by atoms with E-state index in [9.17, 15) is 9.59 Å². The molecule has 0 unspecified atom stereocenters. The number of amides is 1. The average Bonchev–Trinajstić information content (AvgIpc) is 3.02. The number of benzene rings is 2. The van der Waals surface area contributed by atoms with Gasteiger partial charge in [0, 0.05) is 29.1 Å². The third-order valence-electron chi connectivity index (χ3n) is 4.27. The van der Waals surface area contributed by atoms with Crippen molar-refractivity contribution < 1.29 is 14.3 Å². The number of ether oxygens (including phenoxy) is 1. The monoisotopic (exact) mass is 320 g/mol. The van der Waals surface area contributed by atoms with Crippen molar-refractivity contribution in [1.82, 2.24) is 10.3 Å². The molecule has 5 heteroatoms. The highest BCUT2D eigenvalue weighted by Crippen LogP contribution is 2.25. The fourth-order valence-electron chi connectivity index (χ4n) is 3.06. The van der Waals surface area contributed by atoms with Gasteiger partial charge in [0.1, 0.15) is 6.04 Å². The number of carbonyl (C=O) groups excluding carboxylic acids is 2. The van der Waals surface area contributed by atoms with Gasteiger partial charge in [-0.2, -0.15) is 0 Å². The first kappa shape index (κ1) is 14.5. The second-order valence-electron chi connectivity index (χ2n) is 5.85. The van der Waals surface area contributed by atoms with Crippen molar-refractivity contribution in [2.24, 2.45) is 0 Å². The molecule has 2 aromatic carbocycles. The average molecular weight is 320 g/mol. The number of H-pyrrole nitrogens is 1. The fraction of sp³-hybridized carbons (Fsp3) is 0.158. The second-order valence-corrected chi connectivity index (χ2v) is 5.85. The van der Waals surface area contributed by atoms with Gasteiger partial charge in [0.15, 0.2) is 0 Å². The van der Waals surface area contributed by atoms with Gasteiger partial charge in [-0.3, -0.25) is 4.79 Å². The summed E-state index contributed by atoms with van der Waals surface area (Å²) in [6, 6.07) is 16.2. The number of fused-ring (bicyclic) bond motifs is 1. The van der Waals surface area contributed by atoms with E-state index in [1.165, 1.54) is 0 Å². The summed E-state index contributed by atoms with van der Waals surface area (Å²) in [5, 5.41) is 3.84. The summed E-state index contributed by atoms with van der Waals surface area (Å²) in [6.45, 7) is 0. The van der Waals surface area contributed by atoms with Crippen LogP contribution >= 0.6 is 0 Å². The number of aromatic nitrogens is 1. The standard InChI is InChI=1S/C19H16N2O3/c22-18-17(12-6-2-1-3-7-12)24-19(23)16(21-18)10-13-11-20-15-9-5-4-8-14(13)15/h1-9,11,16-17,20H,10H2,(H,21,22)/t16-,17-/m0/s1. The van der Waals surface area contributed by atoms with Crippen molar-refractivity contribution in [3.05, 3.63) is 71.9 Å². The molecule has 0 radical (unpaired) electrons. The Hall–Kier alpha value is -3.08. The van der Waals surface area contributed by atoms with E-state index < -0.39 is 18.1 Å². The van der Waals surface area contributed by atoms with Crippen LogP contribution in [0.4, 0.5) is 0 Å². The zero-order valence-corrected chi connectivity index (χ0v) is 12.9. The van der Waals surface area contributed by atoms with Crippen LogP contribution in [0.2, 0.25) is 0 Å². The van der Waals surface area contributed by atoms with Crippen molar-refractivity contribution in [1.29, 1.82) is 0 Å². The van der Waals surface area contributed by atoms with Crippen LogP contribution in [0.25, 0.3) is 10.9 Å². The highest BCUT2D eigenvalue weighted by molar-refractivity contribution is 5.94. The number of rotatable bonds is 3. The van der Waals surface area contributed by atoms with Gasteiger partial charge in [-0.1, -0.05) is 48.5 Å². The lowest BCUT2D eigenvalue weighted by Crippen LogP contribution is -2.51. The number of nitrogens with one attached hydrogen (secondary N) is 2. The lowest BCUT2D eigenvalue weighted by atomic mass is 10.0. The van der Waals surface area contributed by atoms with Crippen LogP contribution < -0.4 is 5.32 Å². The number of cyclic esters (lactones) is 1. The molecule has 2 heterocycles. The van der Waals surface area contributed by atoms with E-state index in [0.717, 1.165) is 16.5 Å². The molecular weight excluding hydrogens is 304 g/mol. The van der Waals surface area contributed by atoms with Crippen LogP contribution in [-0.2, 0) is 20.7 Å². The first-order valence-corrected chi connectivity index (χ1v) is 7.83. The summed E-state index contributed by atoms with van der Waals surface area (Å²) in [4.78, 5) is 27.9. The number of hydrogen-bond donors (Lipinski definition) is 2.